The molecule has 1 unspecified atom stereocenters. The molecule has 4 rings (SSSR count). The van der Waals surface area contributed by atoms with Crippen LogP contribution >= 0.6 is 0 Å². The van der Waals surface area contributed by atoms with Gasteiger partial charge >= 0.3 is 17.1 Å². The summed E-state index contributed by atoms with van der Waals surface area (Å²) in [6, 6.07) is 39.2. The fraction of sp³-hybridized carbons (Fsp3) is 0. The van der Waals surface area contributed by atoms with Gasteiger partial charge < -0.3 is 13.0 Å². The zero-order valence-electron chi connectivity index (χ0n) is 17.6. The number of rotatable bonds is 9. The van der Waals surface area contributed by atoms with Gasteiger partial charge in [0.05, 0.1) is 0 Å². The molecule has 0 aliphatic carbocycles. The maximum Gasteiger partial charge on any atom is 0.396 e. The monoisotopic (exact) mass is 468 g/mol. The lowest BCUT2D eigenvalue weighted by molar-refractivity contribution is 0.358. The second kappa shape index (κ2) is 10.2. The zero-order chi connectivity index (χ0) is 22.3. The minimum absolute atomic E-state index is 0.0660. The second-order valence-corrected chi connectivity index (χ2v) is 14.5. The summed E-state index contributed by atoms with van der Waals surface area (Å²) in [7, 11) is -6.78. The van der Waals surface area contributed by atoms with Gasteiger partial charge in [-0.3, -0.25) is 0 Å². The highest BCUT2D eigenvalue weighted by atomic mass is 28.5. The lowest BCUT2D eigenvalue weighted by Gasteiger charge is -2.37. The second-order valence-electron chi connectivity index (χ2n) is 7.29. The lowest BCUT2D eigenvalue weighted by atomic mass is 10.4. The quantitative estimate of drug-likeness (QED) is 0.383. The molecule has 32 heavy (non-hydrogen) atoms. The van der Waals surface area contributed by atoms with Crippen LogP contribution in [0.15, 0.2) is 134 Å². The number of hydrogen-bond acceptors (Lipinski definition) is 3. The molecule has 0 spiro atoms. The van der Waals surface area contributed by atoms with Crippen LogP contribution < -0.4 is 20.7 Å². The molecule has 0 amide bonds. The van der Waals surface area contributed by atoms with Crippen LogP contribution in [0.4, 0.5) is 0 Å². The molecule has 0 bridgehead atoms. The Hall–Kier alpha value is -2.85. The summed E-state index contributed by atoms with van der Waals surface area (Å²) in [5.74, 6) is 0. The van der Waals surface area contributed by atoms with E-state index in [1.807, 2.05) is 121 Å². The van der Waals surface area contributed by atoms with E-state index in [0.29, 0.717) is 0 Å². The van der Waals surface area contributed by atoms with Gasteiger partial charge in [-0.15, -0.1) is 6.58 Å². The average molecular weight is 469 g/mol. The minimum Gasteiger partial charge on any atom is -0.426 e. The fourth-order valence-corrected chi connectivity index (χ4v) is 12.3. The highest BCUT2D eigenvalue weighted by molar-refractivity contribution is 7.02. The first kappa shape index (κ1) is 22.3. The van der Waals surface area contributed by atoms with Gasteiger partial charge in [0.25, 0.3) is 9.76 Å². The number of hydrogen-bond donors (Lipinski definition) is 1. The third-order valence-electron chi connectivity index (χ3n) is 5.17. The zero-order valence-corrected chi connectivity index (χ0v) is 20.6. The minimum atomic E-state index is -3.61. The highest BCUT2D eigenvalue weighted by Gasteiger charge is 2.49. The molecule has 1 N–H and O–H groups in total. The Bertz CT molecular complexity index is 1090. The Morgan fingerprint density at radius 1 is 0.625 bits per heavy atom. The molecule has 0 aliphatic heterocycles. The predicted octanol–water partition coefficient (Wildman–Crippen LogP) is 2.29. The molecule has 0 fully saturated rings. The van der Waals surface area contributed by atoms with Crippen LogP contribution in [0.5, 0.6) is 0 Å². The highest BCUT2D eigenvalue weighted by Crippen LogP contribution is 2.17. The Kier molecular flexibility index (Phi) is 7.11. The van der Waals surface area contributed by atoms with Gasteiger partial charge in [-0.1, -0.05) is 121 Å². The molecule has 0 aliphatic rings. The molecule has 2 radical (unpaired) electrons. The summed E-state index contributed by atoms with van der Waals surface area (Å²) in [5, 5.41) is 3.52. The molecule has 0 saturated carbocycles. The number of benzene rings is 4. The third-order valence-corrected chi connectivity index (χ3v) is 13.7. The summed E-state index contributed by atoms with van der Waals surface area (Å²) < 4.78 is 13.4. The molecular formula is C26H24O3Si3. The molecule has 0 heterocycles. The van der Waals surface area contributed by atoms with Crippen LogP contribution in [0.3, 0.4) is 0 Å². The molecule has 6 heteroatoms. The molecule has 0 aromatic heterocycles. The molecule has 1 atom stereocenters. The van der Waals surface area contributed by atoms with Crippen LogP contribution in [0.2, 0.25) is 0 Å². The first-order valence-corrected chi connectivity index (χ1v) is 15.0. The Balaban J connectivity index is 1.81. The van der Waals surface area contributed by atoms with Crippen molar-refractivity contribution in [2.75, 3.05) is 0 Å². The smallest absolute Gasteiger partial charge is 0.396 e. The predicted molar refractivity (Wildman–Crippen MR) is 136 cm³/mol. The van der Waals surface area contributed by atoms with Crippen molar-refractivity contribution < 1.29 is 13.0 Å². The van der Waals surface area contributed by atoms with Gasteiger partial charge in [-0.05, 0) is 26.4 Å². The van der Waals surface area contributed by atoms with Crippen molar-refractivity contribution in [1.82, 2.24) is 0 Å². The van der Waals surface area contributed by atoms with Crippen molar-refractivity contribution in [2.24, 2.45) is 0 Å². The summed E-state index contributed by atoms with van der Waals surface area (Å²) in [6.07, 6.45) is 0. The van der Waals surface area contributed by atoms with Crippen LogP contribution in [0.1, 0.15) is 0 Å². The first-order chi connectivity index (χ1) is 15.7. The van der Waals surface area contributed by atoms with Crippen LogP contribution in [-0.4, -0.2) is 31.7 Å². The van der Waals surface area contributed by atoms with E-state index in [1.54, 1.807) is 5.70 Å². The standard InChI is InChI=1S/C26H24O3Si3/c1-2-31(24-17-9-4-10-18-24,28-30-23-15-7-3-8-16-23)29-32(27,25-19-11-5-12-20-25)26-21-13-6-14-22-26/h2-22,27H,1H2. The van der Waals surface area contributed by atoms with Crippen LogP contribution in [-0.2, 0) is 8.23 Å². The maximum absolute atomic E-state index is 12.2. The Labute approximate surface area is 194 Å². The van der Waals surface area contributed by atoms with Crippen LogP contribution in [0.25, 0.3) is 0 Å². The Morgan fingerprint density at radius 3 is 1.47 bits per heavy atom. The molecule has 0 saturated heterocycles. The largest absolute Gasteiger partial charge is 0.426 e. The van der Waals surface area contributed by atoms with E-state index in [0.717, 1.165) is 20.7 Å². The maximum atomic E-state index is 12.2. The fourth-order valence-electron chi connectivity index (χ4n) is 3.48. The van der Waals surface area contributed by atoms with Crippen molar-refractivity contribution >= 4 is 47.6 Å². The molecule has 158 valence electrons. The van der Waals surface area contributed by atoms with E-state index < -0.39 is 17.1 Å². The molecule has 3 nitrogen and oxygen atoms in total. The third kappa shape index (κ3) is 4.81. The van der Waals surface area contributed by atoms with Gasteiger partial charge in [0.2, 0.25) is 0 Å². The van der Waals surface area contributed by atoms with Crippen molar-refractivity contribution in [3.8, 4) is 0 Å². The van der Waals surface area contributed by atoms with E-state index in [2.05, 4.69) is 6.58 Å². The van der Waals surface area contributed by atoms with Crippen molar-refractivity contribution in [1.29, 1.82) is 0 Å². The average Bonchev–Trinajstić information content (AvgIpc) is 2.89. The first-order valence-electron chi connectivity index (χ1n) is 10.4. The van der Waals surface area contributed by atoms with Crippen molar-refractivity contribution in [2.45, 2.75) is 0 Å². The summed E-state index contributed by atoms with van der Waals surface area (Å²) >= 11 is 0. The SMILES string of the molecule is C=C[Si](O[Si]c1ccccc1)(O[Si](O)(c1ccccc1)c1ccccc1)c1ccccc1. The summed E-state index contributed by atoms with van der Waals surface area (Å²) in [4.78, 5) is 12.2. The topological polar surface area (TPSA) is 38.7 Å². The van der Waals surface area contributed by atoms with Gasteiger partial charge in [0.15, 0.2) is 0 Å². The van der Waals surface area contributed by atoms with Crippen molar-refractivity contribution in [3.05, 3.63) is 134 Å². The van der Waals surface area contributed by atoms with E-state index >= 15 is 0 Å². The van der Waals surface area contributed by atoms with Gasteiger partial charge in [0, 0.05) is 0 Å². The Morgan fingerprint density at radius 2 is 1.03 bits per heavy atom. The van der Waals surface area contributed by atoms with Crippen molar-refractivity contribution in [3.63, 3.8) is 0 Å². The van der Waals surface area contributed by atoms with E-state index in [1.165, 1.54) is 0 Å². The van der Waals surface area contributed by atoms with E-state index in [-0.39, 0.29) is 9.76 Å². The van der Waals surface area contributed by atoms with Gasteiger partial charge in [-0.2, -0.15) is 0 Å². The van der Waals surface area contributed by atoms with Gasteiger partial charge in [0.1, 0.15) is 0 Å². The van der Waals surface area contributed by atoms with Gasteiger partial charge in [-0.25, -0.2) is 0 Å². The molecule has 4 aromatic rings. The van der Waals surface area contributed by atoms with E-state index in [9.17, 15) is 4.80 Å². The molecule has 4 aromatic carbocycles. The normalized spacial score (nSPS) is 13.3. The van der Waals surface area contributed by atoms with Crippen LogP contribution in [0, 0.1) is 0 Å². The summed E-state index contributed by atoms with van der Waals surface area (Å²) in [6.45, 7) is 4.12. The lowest BCUT2D eigenvalue weighted by Crippen LogP contribution is -2.70. The summed E-state index contributed by atoms with van der Waals surface area (Å²) in [5.41, 5.74) is 1.78. The van der Waals surface area contributed by atoms with E-state index in [4.69, 9.17) is 8.23 Å². The molecular weight excluding hydrogens is 445 g/mol.